The summed E-state index contributed by atoms with van der Waals surface area (Å²) < 4.78 is 9.81. The molecule has 110 valence electrons. The maximum atomic E-state index is 12.0. The van der Waals surface area contributed by atoms with Crippen LogP contribution in [0.15, 0.2) is 36.0 Å². The molecule has 0 aromatic heterocycles. The molecule has 1 rings (SSSR count). The first-order chi connectivity index (χ1) is 9.56. The quantitative estimate of drug-likeness (QED) is 0.590. The molecule has 1 aliphatic rings. The molecule has 0 amide bonds. The molecule has 0 bridgehead atoms. The minimum Gasteiger partial charge on any atom is -0.463 e. The average molecular weight is 280 g/mol. The van der Waals surface area contributed by atoms with E-state index < -0.39 is 18.0 Å². The highest BCUT2D eigenvalue weighted by atomic mass is 16.5. The fourth-order valence-electron chi connectivity index (χ4n) is 2.01. The van der Waals surface area contributed by atoms with Gasteiger partial charge in [0.05, 0.1) is 30.5 Å². The molecule has 1 N–H and O–H groups in total. The molecule has 0 saturated carbocycles. The zero-order valence-corrected chi connectivity index (χ0v) is 11.8. The molecule has 0 saturated heterocycles. The maximum Gasteiger partial charge on any atom is 0.338 e. The van der Waals surface area contributed by atoms with Gasteiger partial charge in [-0.25, -0.2) is 9.59 Å². The van der Waals surface area contributed by atoms with E-state index in [-0.39, 0.29) is 30.3 Å². The second-order valence-corrected chi connectivity index (χ2v) is 4.26. The van der Waals surface area contributed by atoms with E-state index in [1.165, 1.54) is 6.08 Å². The van der Waals surface area contributed by atoms with Crippen molar-refractivity contribution in [1.29, 1.82) is 0 Å². The van der Waals surface area contributed by atoms with Crippen molar-refractivity contribution in [1.82, 2.24) is 0 Å². The molecule has 2 atom stereocenters. The highest BCUT2D eigenvalue weighted by molar-refractivity contribution is 6.03. The standard InChI is InChI=1S/C15H20O5/c1-4-7-10-8-9-11(14(17)19-5-2)12(13(10)16)15(18)20-6-3/h4,8-10,13,16H,1,5-7H2,2-3H3/t10-,13-/m0/s1. The molecule has 0 spiro atoms. The maximum absolute atomic E-state index is 12.0. The Hall–Kier alpha value is -1.88. The molecule has 1 aliphatic carbocycles. The summed E-state index contributed by atoms with van der Waals surface area (Å²) in [6, 6.07) is 0. The number of hydrogen-bond acceptors (Lipinski definition) is 5. The smallest absolute Gasteiger partial charge is 0.338 e. The van der Waals surface area contributed by atoms with Crippen LogP contribution in [0.3, 0.4) is 0 Å². The number of allylic oxidation sites excluding steroid dienone is 1. The molecular weight excluding hydrogens is 260 g/mol. The first-order valence-electron chi connectivity index (χ1n) is 6.62. The minimum absolute atomic E-state index is 0.0420. The summed E-state index contributed by atoms with van der Waals surface area (Å²) in [4.78, 5) is 23.8. The van der Waals surface area contributed by atoms with Gasteiger partial charge in [-0.15, -0.1) is 6.58 Å². The van der Waals surface area contributed by atoms with Crippen molar-refractivity contribution >= 4 is 11.9 Å². The second kappa shape index (κ2) is 7.65. The molecule has 0 unspecified atom stereocenters. The van der Waals surface area contributed by atoms with Gasteiger partial charge >= 0.3 is 11.9 Å². The fourth-order valence-corrected chi connectivity index (χ4v) is 2.01. The van der Waals surface area contributed by atoms with E-state index in [2.05, 4.69) is 6.58 Å². The van der Waals surface area contributed by atoms with Gasteiger partial charge in [-0.05, 0) is 20.3 Å². The largest absolute Gasteiger partial charge is 0.463 e. The second-order valence-electron chi connectivity index (χ2n) is 4.26. The lowest BCUT2D eigenvalue weighted by molar-refractivity contribution is -0.142. The zero-order valence-electron chi connectivity index (χ0n) is 11.8. The summed E-state index contributed by atoms with van der Waals surface area (Å²) in [6.45, 7) is 7.30. The van der Waals surface area contributed by atoms with Crippen LogP contribution in [0.1, 0.15) is 20.3 Å². The minimum atomic E-state index is -1.10. The van der Waals surface area contributed by atoms with Crippen LogP contribution in [0.2, 0.25) is 0 Å². The van der Waals surface area contributed by atoms with Gasteiger partial charge in [0.25, 0.3) is 0 Å². The van der Waals surface area contributed by atoms with E-state index in [0.29, 0.717) is 6.42 Å². The average Bonchev–Trinajstić information content (AvgIpc) is 2.41. The number of rotatable bonds is 6. The fraction of sp³-hybridized carbons (Fsp3) is 0.467. The van der Waals surface area contributed by atoms with Crippen LogP contribution < -0.4 is 0 Å². The van der Waals surface area contributed by atoms with E-state index in [1.54, 1.807) is 26.0 Å². The molecule has 20 heavy (non-hydrogen) atoms. The van der Waals surface area contributed by atoms with Gasteiger partial charge in [0.15, 0.2) is 0 Å². The van der Waals surface area contributed by atoms with E-state index in [1.807, 2.05) is 0 Å². The van der Waals surface area contributed by atoms with Gasteiger partial charge in [-0.2, -0.15) is 0 Å². The van der Waals surface area contributed by atoms with Crippen molar-refractivity contribution in [3.05, 3.63) is 36.0 Å². The Bertz CT molecular complexity index is 447. The van der Waals surface area contributed by atoms with E-state index in [0.717, 1.165) is 0 Å². The van der Waals surface area contributed by atoms with E-state index >= 15 is 0 Å². The lowest BCUT2D eigenvalue weighted by Gasteiger charge is -2.25. The van der Waals surface area contributed by atoms with Crippen LogP contribution in [0.4, 0.5) is 0 Å². The van der Waals surface area contributed by atoms with Gasteiger partial charge in [0.1, 0.15) is 0 Å². The summed E-state index contributed by atoms with van der Waals surface area (Å²) in [6.07, 6.45) is 4.23. The monoisotopic (exact) mass is 280 g/mol. The Morgan fingerprint density at radius 3 is 2.45 bits per heavy atom. The summed E-state index contributed by atoms with van der Waals surface area (Å²) in [5, 5.41) is 10.3. The lowest BCUT2D eigenvalue weighted by atomic mass is 9.84. The number of hydrogen-bond donors (Lipinski definition) is 1. The molecule has 0 aromatic rings. The van der Waals surface area contributed by atoms with Gasteiger partial charge in [0.2, 0.25) is 0 Å². The van der Waals surface area contributed by atoms with Crippen molar-refractivity contribution in [3.63, 3.8) is 0 Å². The SMILES string of the molecule is C=CC[C@H]1C=CC(C(=O)OCC)=C(C(=O)OCC)[C@H]1O. The molecule has 0 heterocycles. The van der Waals surface area contributed by atoms with Crippen LogP contribution >= 0.6 is 0 Å². The molecule has 0 fully saturated rings. The lowest BCUT2D eigenvalue weighted by Crippen LogP contribution is -2.32. The van der Waals surface area contributed by atoms with Gasteiger partial charge in [0, 0.05) is 5.92 Å². The van der Waals surface area contributed by atoms with Crippen LogP contribution in [0.5, 0.6) is 0 Å². The third kappa shape index (κ3) is 3.57. The number of carbonyl (C=O) groups excluding carboxylic acids is 2. The van der Waals surface area contributed by atoms with Crippen molar-refractivity contribution in [2.75, 3.05) is 13.2 Å². The summed E-state index contributed by atoms with van der Waals surface area (Å²) >= 11 is 0. The molecule has 0 aliphatic heterocycles. The van der Waals surface area contributed by atoms with Crippen LogP contribution in [-0.2, 0) is 19.1 Å². The summed E-state index contributed by atoms with van der Waals surface area (Å²) in [5.74, 6) is -1.63. The molecular formula is C15H20O5. The zero-order chi connectivity index (χ0) is 15.1. The third-order valence-corrected chi connectivity index (χ3v) is 2.93. The Morgan fingerprint density at radius 2 is 1.90 bits per heavy atom. The normalized spacial score (nSPS) is 21.6. The van der Waals surface area contributed by atoms with Gasteiger partial charge in [-0.1, -0.05) is 18.2 Å². The van der Waals surface area contributed by atoms with Crippen LogP contribution in [0.25, 0.3) is 0 Å². The Balaban J connectivity index is 3.15. The molecule has 0 radical (unpaired) electrons. The van der Waals surface area contributed by atoms with Crippen molar-refractivity contribution in [2.24, 2.45) is 5.92 Å². The van der Waals surface area contributed by atoms with Crippen LogP contribution in [-0.4, -0.2) is 36.4 Å². The predicted molar refractivity (Wildman–Crippen MR) is 73.7 cm³/mol. The van der Waals surface area contributed by atoms with E-state index in [4.69, 9.17) is 9.47 Å². The Kier molecular flexibility index (Phi) is 6.18. The predicted octanol–water partition coefficient (Wildman–Crippen LogP) is 1.53. The van der Waals surface area contributed by atoms with Crippen molar-refractivity contribution < 1.29 is 24.2 Å². The number of carbonyl (C=O) groups is 2. The first-order valence-corrected chi connectivity index (χ1v) is 6.62. The van der Waals surface area contributed by atoms with Crippen molar-refractivity contribution in [3.8, 4) is 0 Å². The molecule has 5 heteroatoms. The van der Waals surface area contributed by atoms with Crippen molar-refractivity contribution in [2.45, 2.75) is 26.4 Å². The van der Waals surface area contributed by atoms with Crippen LogP contribution in [0, 0.1) is 5.92 Å². The van der Waals surface area contributed by atoms with E-state index in [9.17, 15) is 14.7 Å². The highest BCUT2D eigenvalue weighted by Gasteiger charge is 2.34. The number of ether oxygens (including phenoxy) is 2. The summed E-state index contributed by atoms with van der Waals surface area (Å²) in [7, 11) is 0. The summed E-state index contributed by atoms with van der Waals surface area (Å²) in [5.41, 5.74) is 0.0118. The molecule has 5 nitrogen and oxygen atoms in total. The van der Waals surface area contributed by atoms with Gasteiger partial charge in [-0.3, -0.25) is 0 Å². The Morgan fingerprint density at radius 1 is 1.30 bits per heavy atom. The highest BCUT2D eigenvalue weighted by Crippen LogP contribution is 2.28. The topological polar surface area (TPSA) is 72.8 Å². The first kappa shape index (κ1) is 16.2. The number of aliphatic hydroxyl groups is 1. The number of aliphatic hydroxyl groups excluding tert-OH is 1. The van der Waals surface area contributed by atoms with Gasteiger partial charge < -0.3 is 14.6 Å². The Labute approximate surface area is 118 Å². The number of esters is 2. The third-order valence-electron chi connectivity index (χ3n) is 2.93. The molecule has 0 aromatic carbocycles.